The number of rotatable bonds is 8. The first kappa shape index (κ1) is 19.4. The van der Waals surface area contributed by atoms with Crippen LogP contribution in [0.4, 0.5) is 5.69 Å². The summed E-state index contributed by atoms with van der Waals surface area (Å²) in [7, 11) is -3.80. The van der Waals surface area contributed by atoms with E-state index < -0.39 is 16.0 Å². The summed E-state index contributed by atoms with van der Waals surface area (Å²) in [6.07, 6.45) is 4.37. The van der Waals surface area contributed by atoms with Crippen LogP contribution in [0.15, 0.2) is 53.4 Å². The zero-order valence-corrected chi connectivity index (χ0v) is 15.8. The normalized spacial score (nSPS) is 15.0. The van der Waals surface area contributed by atoms with Crippen LogP contribution in [-0.4, -0.2) is 32.1 Å². The molecule has 0 heterocycles. The van der Waals surface area contributed by atoms with Gasteiger partial charge in [-0.1, -0.05) is 43.2 Å². The molecule has 0 saturated heterocycles. The molecule has 2 aromatic carbocycles. The third-order valence-electron chi connectivity index (χ3n) is 4.77. The molecule has 3 rings (SSSR count). The van der Waals surface area contributed by atoms with E-state index in [1.165, 1.54) is 18.2 Å². The van der Waals surface area contributed by atoms with Gasteiger partial charge in [-0.2, -0.15) is 0 Å². The van der Waals surface area contributed by atoms with Crippen LogP contribution in [0.5, 0.6) is 0 Å². The molecule has 0 unspecified atom stereocenters. The van der Waals surface area contributed by atoms with Crippen LogP contribution >= 0.6 is 0 Å². The highest BCUT2D eigenvalue weighted by molar-refractivity contribution is 7.89. The van der Waals surface area contributed by atoms with Crippen molar-refractivity contribution in [2.75, 3.05) is 11.9 Å². The van der Waals surface area contributed by atoms with Gasteiger partial charge in [-0.25, -0.2) is 17.9 Å². The lowest BCUT2D eigenvalue weighted by atomic mass is 10.1. The Bertz CT molecular complexity index is 891. The van der Waals surface area contributed by atoms with E-state index in [2.05, 4.69) is 10.0 Å². The Labute approximate surface area is 159 Å². The quantitative estimate of drug-likeness (QED) is 0.645. The molecular weight excluding hydrogens is 364 g/mol. The maximum absolute atomic E-state index is 12.9. The van der Waals surface area contributed by atoms with Gasteiger partial charge in [0.1, 0.15) is 4.90 Å². The number of nitrogens with one attached hydrogen (secondary N) is 2. The second-order valence-electron chi connectivity index (χ2n) is 6.78. The lowest BCUT2D eigenvalue weighted by Crippen LogP contribution is -2.33. The molecule has 1 aliphatic carbocycles. The molecule has 1 fully saturated rings. The fraction of sp³-hybridized carbons (Fsp3) is 0.350. The van der Waals surface area contributed by atoms with Gasteiger partial charge in [0, 0.05) is 12.6 Å². The molecule has 27 heavy (non-hydrogen) atoms. The van der Waals surface area contributed by atoms with E-state index in [1.807, 2.05) is 30.3 Å². The monoisotopic (exact) mass is 388 g/mol. The molecule has 0 bridgehead atoms. The first-order chi connectivity index (χ1) is 13.0. The summed E-state index contributed by atoms with van der Waals surface area (Å²) >= 11 is 0. The molecule has 0 aliphatic heterocycles. The molecule has 6 nitrogen and oxygen atoms in total. The van der Waals surface area contributed by atoms with Gasteiger partial charge in [0.25, 0.3) is 0 Å². The summed E-state index contributed by atoms with van der Waals surface area (Å²) in [5.41, 5.74) is 1.51. The van der Waals surface area contributed by atoms with Gasteiger partial charge >= 0.3 is 5.97 Å². The number of sulfonamides is 1. The van der Waals surface area contributed by atoms with Crippen molar-refractivity contribution in [3.05, 3.63) is 59.7 Å². The number of hydrogen-bond acceptors (Lipinski definition) is 4. The molecule has 7 heteroatoms. The zero-order valence-electron chi connectivity index (χ0n) is 15.0. The molecule has 2 aromatic rings. The molecular formula is C20H24N2O4S. The Balaban J connectivity index is 1.80. The summed E-state index contributed by atoms with van der Waals surface area (Å²) < 4.78 is 28.5. The molecule has 1 saturated carbocycles. The molecule has 144 valence electrons. The van der Waals surface area contributed by atoms with E-state index in [4.69, 9.17) is 0 Å². The molecule has 3 N–H and O–H groups in total. The Morgan fingerprint density at radius 1 is 1.07 bits per heavy atom. The Hall–Kier alpha value is -2.38. The summed E-state index contributed by atoms with van der Waals surface area (Å²) in [6.45, 7) is 0.544. The number of hydrogen-bond donors (Lipinski definition) is 3. The van der Waals surface area contributed by atoms with Crippen molar-refractivity contribution in [3.63, 3.8) is 0 Å². The number of aromatic carboxylic acids is 1. The molecule has 0 atom stereocenters. The van der Waals surface area contributed by atoms with Crippen LogP contribution in [0.2, 0.25) is 0 Å². The highest BCUT2D eigenvalue weighted by Crippen LogP contribution is 2.26. The molecule has 0 spiro atoms. The fourth-order valence-electron chi connectivity index (χ4n) is 3.34. The highest BCUT2D eigenvalue weighted by atomic mass is 32.2. The van der Waals surface area contributed by atoms with Crippen LogP contribution in [0.3, 0.4) is 0 Å². The van der Waals surface area contributed by atoms with Crippen LogP contribution in [0, 0.1) is 0 Å². The second-order valence-corrected chi connectivity index (χ2v) is 8.46. The van der Waals surface area contributed by atoms with Gasteiger partial charge < -0.3 is 10.4 Å². The lowest BCUT2D eigenvalue weighted by Gasteiger charge is -2.17. The minimum atomic E-state index is -3.80. The maximum Gasteiger partial charge on any atom is 0.335 e. The number of carbonyl (C=O) groups is 1. The Kier molecular flexibility index (Phi) is 6.13. The van der Waals surface area contributed by atoms with E-state index in [0.29, 0.717) is 12.2 Å². The number of benzene rings is 2. The average Bonchev–Trinajstić information content (AvgIpc) is 3.15. The molecule has 0 radical (unpaired) electrons. The predicted molar refractivity (Wildman–Crippen MR) is 105 cm³/mol. The Morgan fingerprint density at radius 2 is 1.78 bits per heavy atom. The smallest absolute Gasteiger partial charge is 0.335 e. The van der Waals surface area contributed by atoms with Gasteiger partial charge in [0.05, 0.1) is 11.3 Å². The third kappa shape index (κ3) is 5.08. The van der Waals surface area contributed by atoms with E-state index >= 15 is 0 Å². The lowest BCUT2D eigenvalue weighted by molar-refractivity contribution is 0.0696. The molecule has 0 amide bonds. The van der Waals surface area contributed by atoms with Crippen molar-refractivity contribution >= 4 is 21.7 Å². The summed E-state index contributed by atoms with van der Waals surface area (Å²) in [5.74, 6) is -1.15. The zero-order chi connectivity index (χ0) is 19.3. The van der Waals surface area contributed by atoms with Crippen LogP contribution in [-0.2, 0) is 16.4 Å². The summed E-state index contributed by atoms with van der Waals surface area (Å²) in [6, 6.07) is 14.0. The van der Waals surface area contributed by atoms with Gasteiger partial charge in [0.2, 0.25) is 10.0 Å². The van der Waals surface area contributed by atoms with E-state index in [9.17, 15) is 18.3 Å². The minimum Gasteiger partial charge on any atom is -0.478 e. The standard InChI is InChI=1S/C20H24N2O4S/c23-20(24)16-10-11-18(21-13-12-15-6-2-1-3-7-15)19(14-16)27(25,26)22-17-8-4-5-9-17/h1-3,6-7,10-11,14,17,21-22H,4-5,8-9,12-13H2,(H,23,24). The van der Waals surface area contributed by atoms with Crippen molar-refractivity contribution in [1.82, 2.24) is 4.72 Å². The summed E-state index contributed by atoms with van der Waals surface area (Å²) in [4.78, 5) is 11.3. The topological polar surface area (TPSA) is 95.5 Å². The number of carboxylic acid groups (broad SMARTS) is 1. The van der Waals surface area contributed by atoms with Crippen LogP contribution in [0.1, 0.15) is 41.6 Å². The first-order valence-electron chi connectivity index (χ1n) is 9.13. The first-order valence-corrected chi connectivity index (χ1v) is 10.6. The van der Waals surface area contributed by atoms with Crippen molar-refractivity contribution < 1.29 is 18.3 Å². The average molecular weight is 388 g/mol. The molecule has 1 aliphatic rings. The van der Waals surface area contributed by atoms with E-state index in [0.717, 1.165) is 37.7 Å². The van der Waals surface area contributed by atoms with Crippen LogP contribution in [0.25, 0.3) is 0 Å². The fourth-order valence-corrected chi connectivity index (χ4v) is 4.85. The maximum atomic E-state index is 12.9. The minimum absolute atomic E-state index is 0.0117. The van der Waals surface area contributed by atoms with Crippen molar-refractivity contribution in [1.29, 1.82) is 0 Å². The van der Waals surface area contributed by atoms with Gasteiger partial charge in [-0.15, -0.1) is 0 Å². The Morgan fingerprint density at radius 3 is 2.44 bits per heavy atom. The number of carboxylic acids is 1. The van der Waals surface area contributed by atoms with Gasteiger partial charge in [0.15, 0.2) is 0 Å². The second kappa shape index (κ2) is 8.54. The number of anilines is 1. The highest BCUT2D eigenvalue weighted by Gasteiger charge is 2.26. The summed E-state index contributed by atoms with van der Waals surface area (Å²) in [5, 5.41) is 12.4. The van der Waals surface area contributed by atoms with Crippen molar-refractivity contribution in [2.24, 2.45) is 0 Å². The van der Waals surface area contributed by atoms with E-state index in [-0.39, 0.29) is 16.5 Å². The third-order valence-corrected chi connectivity index (χ3v) is 6.33. The molecule has 0 aromatic heterocycles. The van der Waals surface area contributed by atoms with Crippen molar-refractivity contribution in [3.8, 4) is 0 Å². The SMILES string of the molecule is O=C(O)c1ccc(NCCc2ccccc2)c(S(=O)(=O)NC2CCCC2)c1. The van der Waals surface area contributed by atoms with Crippen LogP contribution < -0.4 is 10.0 Å². The predicted octanol–water partition coefficient (Wildman–Crippen LogP) is 3.26. The van der Waals surface area contributed by atoms with Gasteiger partial charge in [-0.05, 0) is 43.0 Å². The largest absolute Gasteiger partial charge is 0.478 e. The van der Waals surface area contributed by atoms with E-state index in [1.54, 1.807) is 0 Å². The van der Waals surface area contributed by atoms with Gasteiger partial charge in [-0.3, -0.25) is 0 Å². The van der Waals surface area contributed by atoms with Crippen molar-refractivity contribution in [2.45, 2.75) is 43.0 Å².